The number of rotatable bonds is 6. The number of aromatic nitrogens is 1. The van der Waals surface area contributed by atoms with Gasteiger partial charge in [-0.2, -0.15) is 0 Å². The molecule has 1 amide bonds. The predicted octanol–water partition coefficient (Wildman–Crippen LogP) is 3.96. The molecule has 1 aliphatic rings. The van der Waals surface area contributed by atoms with Crippen LogP contribution >= 0.6 is 11.3 Å². The number of benzene rings is 2. The highest BCUT2D eigenvalue weighted by Gasteiger charge is 2.23. The quantitative estimate of drug-likeness (QED) is 0.503. The third-order valence-electron chi connectivity index (χ3n) is 5.37. The number of anilines is 1. The molecule has 0 radical (unpaired) electrons. The standard InChI is InChI=1S/C23H23F2N3O4S/c1-30-17-10-14(11-18(31-2)22(17)32-3)4-5-20(29)27-6-8-28(9-7-27)23-26-21-16(25)12-15(24)13-19(21)33-23/h4-5,10-13H,6-9H2,1-3H3/b5-4-. The summed E-state index contributed by atoms with van der Waals surface area (Å²) in [5, 5.41) is 0.620. The van der Waals surface area contributed by atoms with Gasteiger partial charge in [0.2, 0.25) is 11.7 Å². The summed E-state index contributed by atoms with van der Waals surface area (Å²) in [5.41, 5.74) is 0.906. The lowest BCUT2D eigenvalue weighted by Gasteiger charge is -2.34. The first kappa shape index (κ1) is 22.8. The van der Waals surface area contributed by atoms with Gasteiger partial charge < -0.3 is 24.0 Å². The van der Waals surface area contributed by atoms with E-state index >= 15 is 0 Å². The van der Waals surface area contributed by atoms with E-state index < -0.39 is 11.6 Å². The molecule has 0 N–H and O–H groups in total. The largest absolute Gasteiger partial charge is 0.493 e. The van der Waals surface area contributed by atoms with E-state index in [1.807, 2.05) is 4.90 Å². The number of amides is 1. The molecule has 4 rings (SSSR count). The van der Waals surface area contributed by atoms with E-state index in [4.69, 9.17) is 14.2 Å². The number of methoxy groups -OCH3 is 3. The molecule has 1 aromatic heterocycles. The highest BCUT2D eigenvalue weighted by Crippen LogP contribution is 2.38. The number of fused-ring (bicyclic) bond motifs is 1. The van der Waals surface area contributed by atoms with Crippen molar-refractivity contribution in [2.45, 2.75) is 0 Å². The molecule has 2 heterocycles. The summed E-state index contributed by atoms with van der Waals surface area (Å²) in [7, 11) is 4.60. The average Bonchev–Trinajstić information content (AvgIpc) is 3.26. The van der Waals surface area contributed by atoms with Crippen LogP contribution in [0.4, 0.5) is 13.9 Å². The van der Waals surface area contributed by atoms with Crippen LogP contribution in [0.15, 0.2) is 30.3 Å². The number of carbonyl (C=O) groups excluding carboxylic acids is 1. The summed E-state index contributed by atoms with van der Waals surface area (Å²) < 4.78 is 43.9. The van der Waals surface area contributed by atoms with Crippen LogP contribution in [-0.4, -0.2) is 63.3 Å². The molecule has 1 saturated heterocycles. The van der Waals surface area contributed by atoms with Crippen molar-refractivity contribution in [2.75, 3.05) is 52.4 Å². The van der Waals surface area contributed by atoms with Crippen molar-refractivity contribution in [3.8, 4) is 17.2 Å². The van der Waals surface area contributed by atoms with Gasteiger partial charge in [0.1, 0.15) is 11.3 Å². The fourth-order valence-corrected chi connectivity index (χ4v) is 4.73. The number of hydrogen-bond donors (Lipinski definition) is 0. The second-order valence-corrected chi connectivity index (χ2v) is 8.34. The first-order valence-corrected chi connectivity index (χ1v) is 11.0. The summed E-state index contributed by atoms with van der Waals surface area (Å²) in [5.74, 6) is 0.0788. The summed E-state index contributed by atoms with van der Waals surface area (Å²) in [6.07, 6.45) is 3.20. The molecule has 33 heavy (non-hydrogen) atoms. The van der Waals surface area contributed by atoms with Gasteiger partial charge in [-0.25, -0.2) is 13.8 Å². The maximum atomic E-state index is 14.0. The van der Waals surface area contributed by atoms with Crippen molar-refractivity contribution in [2.24, 2.45) is 0 Å². The molecule has 10 heteroatoms. The molecule has 0 unspecified atom stereocenters. The first-order chi connectivity index (χ1) is 15.9. The Balaban J connectivity index is 1.42. The van der Waals surface area contributed by atoms with E-state index in [0.717, 1.165) is 11.6 Å². The second-order valence-electron chi connectivity index (χ2n) is 7.34. The third-order valence-corrected chi connectivity index (χ3v) is 6.43. The maximum Gasteiger partial charge on any atom is 0.246 e. The van der Waals surface area contributed by atoms with Crippen LogP contribution in [0.1, 0.15) is 5.56 Å². The lowest BCUT2D eigenvalue weighted by molar-refractivity contribution is -0.126. The van der Waals surface area contributed by atoms with E-state index in [1.54, 1.807) is 23.1 Å². The Labute approximate surface area is 193 Å². The highest BCUT2D eigenvalue weighted by molar-refractivity contribution is 7.22. The van der Waals surface area contributed by atoms with Gasteiger partial charge in [0.05, 0.1) is 26.0 Å². The molecule has 1 fully saturated rings. The Morgan fingerprint density at radius 3 is 2.27 bits per heavy atom. The van der Waals surface area contributed by atoms with Gasteiger partial charge in [0.15, 0.2) is 22.4 Å². The molecule has 0 spiro atoms. The minimum absolute atomic E-state index is 0.124. The van der Waals surface area contributed by atoms with Crippen LogP contribution in [0.3, 0.4) is 0 Å². The van der Waals surface area contributed by atoms with Crippen LogP contribution in [-0.2, 0) is 4.79 Å². The van der Waals surface area contributed by atoms with E-state index in [-0.39, 0.29) is 11.4 Å². The van der Waals surface area contributed by atoms with E-state index in [1.165, 1.54) is 44.8 Å². The van der Waals surface area contributed by atoms with Gasteiger partial charge in [0, 0.05) is 38.3 Å². The predicted molar refractivity (Wildman–Crippen MR) is 123 cm³/mol. The van der Waals surface area contributed by atoms with Crippen LogP contribution in [0.25, 0.3) is 16.3 Å². The molecule has 3 aromatic rings. The van der Waals surface area contributed by atoms with Crippen molar-refractivity contribution in [1.29, 1.82) is 0 Å². The number of carbonyl (C=O) groups is 1. The number of piperazine rings is 1. The molecular weight excluding hydrogens is 452 g/mol. The number of ether oxygens (including phenoxy) is 3. The number of thiazole rings is 1. The van der Waals surface area contributed by atoms with Crippen molar-refractivity contribution in [3.63, 3.8) is 0 Å². The van der Waals surface area contributed by atoms with Gasteiger partial charge in [-0.15, -0.1) is 0 Å². The number of nitrogens with zero attached hydrogens (tertiary/aromatic N) is 3. The Kier molecular flexibility index (Phi) is 6.64. The fraction of sp³-hybridized carbons (Fsp3) is 0.304. The lowest BCUT2D eigenvalue weighted by atomic mass is 10.1. The highest BCUT2D eigenvalue weighted by atomic mass is 32.1. The Morgan fingerprint density at radius 1 is 1.00 bits per heavy atom. The summed E-state index contributed by atoms with van der Waals surface area (Å²) in [6.45, 7) is 2.08. The van der Waals surface area contributed by atoms with Gasteiger partial charge in [-0.3, -0.25) is 4.79 Å². The van der Waals surface area contributed by atoms with Gasteiger partial charge >= 0.3 is 0 Å². The average molecular weight is 476 g/mol. The maximum absolute atomic E-state index is 14.0. The van der Waals surface area contributed by atoms with Crippen molar-refractivity contribution in [1.82, 2.24) is 9.88 Å². The number of hydrogen-bond acceptors (Lipinski definition) is 7. The minimum Gasteiger partial charge on any atom is -0.493 e. The fourth-order valence-electron chi connectivity index (χ4n) is 3.67. The zero-order valence-electron chi connectivity index (χ0n) is 18.4. The monoisotopic (exact) mass is 475 g/mol. The molecule has 174 valence electrons. The van der Waals surface area contributed by atoms with E-state index in [0.29, 0.717) is 53.3 Å². The van der Waals surface area contributed by atoms with Crippen LogP contribution in [0, 0.1) is 11.6 Å². The Hall–Kier alpha value is -3.40. The molecule has 0 atom stereocenters. The topological polar surface area (TPSA) is 64.1 Å². The summed E-state index contributed by atoms with van der Waals surface area (Å²) >= 11 is 1.24. The molecule has 1 aliphatic heterocycles. The molecule has 0 bridgehead atoms. The summed E-state index contributed by atoms with van der Waals surface area (Å²) in [4.78, 5) is 20.7. The van der Waals surface area contributed by atoms with Crippen molar-refractivity contribution >= 4 is 38.7 Å². The third kappa shape index (κ3) is 4.70. The molecule has 0 aliphatic carbocycles. The Morgan fingerprint density at radius 2 is 1.67 bits per heavy atom. The van der Waals surface area contributed by atoms with Gasteiger partial charge in [-0.05, 0) is 29.8 Å². The van der Waals surface area contributed by atoms with Crippen LogP contribution in [0.2, 0.25) is 0 Å². The summed E-state index contributed by atoms with van der Waals surface area (Å²) in [6, 6.07) is 5.65. The lowest BCUT2D eigenvalue weighted by Crippen LogP contribution is -2.48. The number of halogens is 2. The van der Waals surface area contributed by atoms with Crippen molar-refractivity contribution in [3.05, 3.63) is 47.5 Å². The normalized spacial score (nSPS) is 14.2. The van der Waals surface area contributed by atoms with E-state index in [9.17, 15) is 13.6 Å². The van der Waals surface area contributed by atoms with E-state index in [2.05, 4.69) is 4.98 Å². The zero-order chi connectivity index (χ0) is 23.5. The second kappa shape index (κ2) is 9.62. The smallest absolute Gasteiger partial charge is 0.246 e. The first-order valence-electron chi connectivity index (χ1n) is 10.2. The zero-order valence-corrected chi connectivity index (χ0v) is 19.2. The minimum atomic E-state index is -0.668. The molecule has 7 nitrogen and oxygen atoms in total. The van der Waals surface area contributed by atoms with Crippen LogP contribution < -0.4 is 19.1 Å². The SMILES string of the molecule is COc1cc(/C=C\C(=O)N2CCN(c3nc4c(F)cc(F)cc4s3)CC2)cc(OC)c1OC. The molecule has 0 saturated carbocycles. The molecule has 2 aromatic carbocycles. The van der Waals surface area contributed by atoms with Gasteiger partial charge in [0.25, 0.3) is 0 Å². The van der Waals surface area contributed by atoms with Crippen LogP contribution in [0.5, 0.6) is 17.2 Å². The van der Waals surface area contributed by atoms with Crippen molar-refractivity contribution < 1.29 is 27.8 Å². The van der Waals surface area contributed by atoms with Gasteiger partial charge in [-0.1, -0.05) is 11.3 Å². The Bertz CT molecular complexity index is 1180. The molecular formula is C23H23F2N3O4S.